The predicted molar refractivity (Wildman–Crippen MR) is 305 cm³/mol. The summed E-state index contributed by atoms with van der Waals surface area (Å²) in [5.74, 6) is 29.6. The van der Waals surface area contributed by atoms with Gasteiger partial charge in [-0.15, -0.1) is 0 Å². The summed E-state index contributed by atoms with van der Waals surface area (Å²) in [4.78, 5) is 9.62. The van der Waals surface area contributed by atoms with Crippen LogP contribution in [0.15, 0.2) is 122 Å². The summed E-state index contributed by atoms with van der Waals surface area (Å²) < 4.78 is 24.7. The standard InChI is InChI=1S/C68H72N2O4/c1-5-9-13-17-43-71-63-41-37-57(49-65(63)73-45-19-15-11-7-3)33-29-53-21-25-55(26-22-53)31-35-59-47-61-39-40-62-48-60(52-70-68(62)67(61)69-51-59)36-32-56-27-23-54(24-28-56)30-34-58-38-42-64(72-44-18-14-10-6-2)66(50-58)74-46-20-16-12-8-4/h21-28,37-42,47-52H,5-20,43-46H2,1-4H3. The molecule has 0 fully saturated rings. The number of ether oxygens (including phenoxy) is 4. The molecule has 0 aliphatic rings. The second-order valence-electron chi connectivity index (χ2n) is 18.8. The first-order valence-corrected chi connectivity index (χ1v) is 27.3. The van der Waals surface area contributed by atoms with Gasteiger partial charge in [0.05, 0.1) is 37.5 Å². The first-order valence-electron chi connectivity index (χ1n) is 27.3. The van der Waals surface area contributed by atoms with Crippen LogP contribution in [0, 0.1) is 47.4 Å². The van der Waals surface area contributed by atoms with Crippen LogP contribution in [0.4, 0.5) is 0 Å². The molecule has 0 aliphatic heterocycles. The zero-order chi connectivity index (χ0) is 51.4. The maximum absolute atomic E-state index is 6.21. The summed E-state index contributed by atoms with van der Waals surface area (Å²) in [5, 5.41) is 1.96. The van der Waals surface area contributed by atoms with Gasteiger partial charge in [-0.2, -0.15) is 0 Å². The third-order valence-corrected chi connectivity index (χ3v) is 12.6. The van der Waals surface area contributed by atoms with E-state index in [1.165, 1.54) is 64.2 Å². The third-order valence-electron chi connectivity index (χ3n) is 12.6. The Bertz CT molecular complexity index is 2930. The van der Waals surface area contributed by atoms with Crippen molar-refractivity contribution in [1.29, 1.82) is 0 Å². The highest BCUT2D eigenvalue weighted by Crippen LogP contribution is 2.31. The third kappa shape index (κ3) is 17.5. The lowest BCUT2D eigenvalue weighted by Crippen LogP contribution is -2.03. The average Bonchev–Trinajstić information content (AvgIpc) is 3.43. The number of fused-ring (bicyclic) bond motifs is 3. The van der Waals surface area contributed by atoms with Gasteiger partial charge in [0, 0.05) is 67.7 Å². The lowest BCUT2D eigenvalue weighted by Gasteiger charge is -2.13. The van der Waals surface area contributed by atoms with Crippen LogP contribution in [0.5, 0.6) is 23.0 Å². The number of nitrogens with zero attached hydrogens (tertiary/aromatic N) is 2. The Kier molecular flexibility index (Phi) is 22.2. The molecule has 0 radical (unpaired) electrons. The van der Waals surface area contributed by atoms with Gasteiger partial charge >= 0.3 is 0 Å². The minimum atomic E-state index is 0.674. The fraction of sp³-hybridized carbons (Fsp3) is 0.353. The van der Waals surface area contributed by atoms with Gasteiger partial charge in [0.25, 0.3) is 0 Å². The van der Waals surface area contributed by atoms with E-state index in [0.29, 0.717) is 26.4 Å². The Morgan fingerprint density at radius 2 is 0.568 bits per heavy atom. The molecular formula is C68H72N2O4. The first kappa shape index (κ1) is 54.1. The molecule has 0 N–H and O–H groups in total. The van der Waals surface area contributed by atoms with Crippen LogP contribution >= 0.6 is 0 Å². The number of hydrogen-bond acceptors (Lipinski definition) is 6. The van der Waals surface area contributed by atoms with Crippen molar-refractivity contribution in [2.45, 2.75) is 130 Å². The van der Waals surface area contributed by atoms with Crippen molar-refractivity contribution in [3.05, 3.63) is 166 Å². The largest absolute Gasteiger partial charge is 0.490 e. The van der Waals surface area contributed by atoms with E-state index < -0.39 is 0 Å². The van der Waals surface area contributed by atoms with Gasteiger partial charge in [-0.05, 0) is 123 Å². The van der Waals surface area contributed by atoms with Gasteiger partial charge in [-0.1, -0.05) is 164 Å². The molecule has 0 saturated heterocycles. The summed E-state index contributed by atoms with van der Waals surface area (Å²) in [6, 6.07) is 36.3. The quantitative estimate of drug-likeness (QED) is 0.0342. The van der Waals surface area contributed by atoms with Crippen molar-refractivity contribution in [3.63, 3.8) is 0 Å². The van der Waals surface area contributed by atoms with E-state index in [9.17, 15) is 0 Å². The lowest BCUT2D eigenvalue weighted by atomic mass is 10.1. The normalized spacial score (nSPS) is 10.5. The maximum atomic E-state index is 6.21. The molecule has 6 nitrogen and oxygen atoms in total. The van der Waals surface area contributed by atoms with Gasteiger partial charge in [0.2, 0.25) is 0 Å². The van der Waals surface area contributed by atoms with Crippen molar-refractivity contribution in [2.24, 2.45) is 0 Å². The van der Waals surface area contributed by atoms with Crippen LogP contribution in [-0.2, 0) is 0 Å². The van der Waals surface area contributed by atoms with Gasteiger partial charge < -0.3 is 18.9 Å². The van der Waals surface area contributed by atoms with Crippen LogP contribution in [0.3, 0.4) is 0 Å². The molecule has 0 unspecified atom stereocenters. The number of rotatable bonds is 24. The smallest absolute Gasteiger partial charge is 0.162 e. The van der Waals surface area contributed by atoms with E-state index in [1.807, 2.05) is 97.3 Å². The van der Waals surface area contributed by atoms with E-state index in [2.05, 4.69) is 99.3 Å². The molecule has 0 atom stereocenters. The number of benzene rings is 5. The number of pyridine rings is 2. The molecule has 0 aliphatic carbocycles. The first-order chi connectivity index (χ1) is 36.5. The zero-order valence-electron chi connectivity index (χ0n) is 44.2. The summed E-state index contributed by atoms with van der Waals surface area (Å²) in [5.41, 5.74) is 8.73. The Labute approximate surface area is 442 Å². The molecule has 6 heteroatoms. The molecule has 0 bridgehead atoms. The van der Waals surface area contributed by atoms with E-state index >= 15 is 0 Å². The molecule has 378 valence electrons. The van der Waals surface area contributed by atoms with Crippen molar-refractivity contribution in [2.75, 3.05) is 26.4 Å². The van der Waals surface area contributed by atoms with Gasteiger partial charge in [0.15, 0.2) is 23.0 Å². The van der Waals surface area contributed by atoms with Crippen molar-refractivity contribution in [3.8, 4) is 70.4 Å². The molecule has 0 amide bonds. The van der Waals surface area contributed by atoms with Crippen LogP contribution < -0.4 is 18.9 Å². The highest BCUT2D eigenvalue weighted by molar-refractivity contribution is 6.03. The minimum absolute atomic E-state index is 0.674. The molecule has 74 heavy (non-hydrogen) atoms. The fourth-order valence-corrected chi connectivity index (χ4v) is 8.26. The van der Waals surface area contributed by atoms with Crippen LogP contribution in [0.1, 0.15) is 175 Å². The van der Waals surface area contributed by atoms with Gasteiger partial charge in [-0.25, -0.2) is 0 Å². The number of unbranched alkanes of at least 4 members (excludes halogenated alkanes) is 12. The summed E-state index contributed by atoms with van der Waals surface area (Å²) in [6.07, 6.45) is 22.2. The summed E-state index contributed by atoms with van der Waals surface area (Å²) >= 11 is 0. The Morgan fingerprint density at radius 1 is 0.284 bits per heavy atom. The molecule has 5 aromatic carbocycles. The molecule has 2 heterocycles. The lowest BCUT2D eigenvalue weighted by molar-refractivity contribution is 0.259. The monoisotopic (exact) mass is 981 g/mol. The highest BCUT2D eigenvalue weighted by Gasteiger charge is 2.10. The van der Waals surface area contributed by atoms with Crippen LogP contribution in [-0.4, -0.2) is 36.4 Å². The van der Waals surface area contributed by atoms with Crippen LogP contribution in [0.25, 0.3) is 21.8 Å². The summed E-state index contributed by atoms with van der Waals surface area (Å²) in [6.45, 7) is 11.6. The molecule has 2 aromatic heterocycles. The van der Waals surface area contributed by atoms with Gasteiger partial charge in [0.1, 0.15) is 0 Å². The molecule has 7 aromatic rings. The maximum Gasteiger partial charge on any atom is 0.162 e. The Hall–Kier alpha value is -7.64. The topological polar surface area (TPSA) is 62.7 Å². The van der Waals surface area contributed by atoms with Crippen molar-refractivity contribution < 1.29 is 18.9 Å². The number of hydrogen-bond donors (Lipinski definition) is 0. The van der Waals surface area contributed by atoms with Crippen molar-refractivity contribution in [1.82, 2.24) is 9.97 Å². The van der Waals surface area contributed by atoms with Gasteiger partial charge in [-0.3, -0.25) is 9.97 Å². The Balaban J connectivity index is 0.951. The predicted octanol–water partition coefficient (Wildman–Crippen LogP) is 16.2. The fourth-order valence-electron chi connectivity index (χ4n) is 8.26. The second-order valence-corrected chi connectivity index (χ2v) is 18.8. The van der Waals surface area contributed by atoms with E-state index in [-0.39, 0.29) is 0 Å². The second kappa shape index (κ2) is 30.4. The molecular weight excluding hydrogens is 909 g/mol. The molecule has 7 rings (SSSR count). The average molecular weight is 981 g/mol. The molecule has 0 spiro atoms. The van der Waals surface area contributed by atoms with E-state index in [4.69, 9.17) is 28.9 Å². The van der Waals surface area contributed by atoms with Crippen molar-refractivity contribution >= 4 is 21.8 Å². The minimum Gasteiger partial charge on any atom is -0.490 e. The van der Waals surface area contributed by atoms with E-state index in [0.717, 1.165) is 128 Å². The molecule has 0 saturated carbocycles. The zero-order valence-corrected chi connectivity index (χ0v) is 44.2. The van der Waals surface area contributed by atoms with Crippen LogP contribution in [0.2, 0.25) is 0 Å². The highest BCUT2D eigenvalue weighted by atomic mass is 16.5. The van der Waals surface area contributed by atoms with E-state index in [1.54, 1.807) is 0 Å². The Morgan fingerprint density at radius 3 is 0.892 bits per heavy atom. The number of aromatic nitrogens is 2. The SMILES string of the molecule is CCCCCCOc1ccc(C#Cc2ccc(C#Cc3cnc4c(ccc5cc(C#Cc6ccc(C#Cc7ccc(OCCCCCC)c(OCCCCCC)c7)cc6)cnc54)c3)cc2)cc1OCCCCCC. The summed E-state index contributed by atoms with van der Waals surface area (Å²) in [7, 11) is 0.